The molecule has 1 amide bonds. The summed E-state index contributed by atoms with van der Waals surface area (Å²) in [6.45, 7) is 8.46. The predicted molar refractivity (Wildman–Crippen MR) is 141 cm³/mol. The van der Waals surface area contributed by atoms with Crippen molar-refractivity contribution >= 4 is 34.3 Å². The number of nitrogens with one attached hydrogen (secondary N) is 2. The molecule has 0 saturated carbocycles. The summed E-state index contributed by atoms with van der Waals surface area (Å²) in [6, 6.07) is 10.0. The predicted octanol–water partition coefficient (Wildman–Crippen LogP) is 3.10. The van der Waals surface area contributed by atoms with Gasteiger partial charge in [0.2, 0.25) is 5.91 Å². The minimum Gasteiger partial charge on any atom is -0.497 e. The number of unbranched alkanes of at least 4 members (excludes halogenated alkanes) is 1. The van der Waals surface area contributed by atoms with Crippen LogP contribution in [0.3, 0.4) is 0 Å². The van der Waals surface area contributed by atoms with E-state index in [2.05, 4.69) is 45.3 Å². The Kier molecular flexibility index (Phi) is 9.44. The van der Waals surface area contributed by atoms with E-state index in [-0.39, 0.29) is 18.7 Å². The molecule has 184 valence electrons. The fourth-order valence-corrected chi connectivity index (χ4v) is 4.31. The van der Waals surface area contributed by atoms with Crippen LogP contribution in [-0.2, 0) is 4.79 Å². The van der Waals surface area contributed by atoms with E-state index >= 15 is 0 Å². The molecule has 0 aliphatic carbocycles. The molecule has 8 heteroatoms. The van der Waals surface area contributed by atoms with Gasteiger partial charge in [-0.15, -0.1) is 0 Å². The largest absolute Gasteiger partial charge is 0.497 e. The number of benzene rings is 2. The minimum absolute atomic E-state index is 0.0778. The standard InChI is InChI=1S/C26H38N6O2/c1-5-31(6-2)13-7-8-14-32-24(11-12-29-26(32)28-3)20-15-19-9-10-21(34-4)17-22(19)23(16-20)30-25(33)18-27/h9-12,15-17,26,28H,5-8,13-14,18,27H2,1-4H3,(H,30,33). The van der Waals surface area contributed by atoms with Crippen LogP contribution in [0.2, 0.25) is 0 Å². The SMILES string of the molecule is CCN(CC)CCCCN1C(c2cc(NC(=O)CN)c3cc(OC)ccc3c2)=CC=NC1NC. The Morgan fingerprint density at radius 2 is 2.00 bits per heavy atom. The van der Waals surface area contributed by atoms with Gasteiger partial charge in [-0.05, 0) is 75.3 Å². The van der Waals surface area contributed by atoms with E-state index in [4.69, 9.17) is 10.5 Å². The van der Waals surface area contributed by atoms with Crippen LogP contribution >= 0.6 is 0 Å². The lowest BCUT2D eigenvalue weighted by molar-refractivity contribution is -0.114. The summed E-state index contributed by atoms with van der Waals surface area (Å²) < 4.78 is 5.40. The summed E-state index contributed by atoms with van der Waals surface area (Å²) >= 11 is 0. The summed E-state index contributed by atoms with van der Waals surface area (Å²) in [7, 11) is 3.56. The zero-order chi connectivity index (χ0) is 24.5. The van der Waals surface area contributed by atoms with Crippen molar-refractivity contribution < 1.29 is 9.53 Å². The molecule has 8 nitrogen and oxygen atoms in total. The molecule has 2 aromatic rings. The number of hydrogen-bond acceptors (Lipinski definition) is 7. The van der Waals surface area contributed by atoms with Gasteiger partial charge in [0.25, 0.3) is 0 Å². The second-order valence-electron chi connectivity index (χ2n) is 8.30. The van der Waals surface area contributed by atoms with Crippen LogP contribution in [0.25, 0.3) is 16.5 Å². The Hall–Kier alpha value is -2.94. The van der Waals surface area contributed by atoms with E-state index in [0.717, 1.165) is 66.8 Å². The summed E-state index contributed by atoms with van der Waals surface area (Å²) in [4.78, 5) is 21.5. The molecule has 4 N–H and O–H groups in total. The van der Waals surface area contributed by atoms with Crippen LogP contribution < -0.4 is 21.1 Å². The molecule has 0 aromatic heterocycles. The second kappa shape index (κ2) is 12.5. The fourth-order valence-electron chi connectivity index (χ4n) is 4.31. The highest BCUT2D eigenvalue weighted by molar-refractivity contribution is 6.05. The lowest BCUT2D eigenvalue weighted by atomic mass is 10.0. The minimum atomic E-state index is -0.234. The van der Waals surface area contributed by atoms with Gasteiger partial charge in [-0.2, -0.15) is 0 Å². The summed E-state index contributed by atoms with van der Waals surface area (Å²) in [5.41, 5.74) is 8.38. The van der Waals surface area contributed by atoms with Crippen LogP contribution in [0.5, 0.6) is 5.75 Å². The van der Waals surface area contributed by atoms with Crippen molar-refractivity contribution in [3.05, 3.63) is 42.0 Å². The second-order valence-corrected chi connectivity index (χ2v) is 8.30. The Labute approximate surface area is 202 Å². The van der Waals surface area contributed by atoms with Gasteiger partial charge in [0.05, 0.1) is 13.7 Å². The number of nitrogens with two attached hydrogens (primary N) is 1. The van der Waals surface area contributed by atoms with Gasteiger partial charge in [-0.1, -0.05) is 19.9 Å². The summed E-state index contributed by atoms with van der Waals surface area (Å²) in [5, 5.41) is 8.19. The van der Waals surface area contributed by atoms with Crippen LogP contribution in [0, 0.1) is 0 Å². The van der Waals surface area contributed by atoms with Crippen molar-refractivity contribution in [2.45, 2.75) is 33.0 Å². The molecule has 0 saturated heterocycles. The van der Waals surface area contributed by atoms with Gasteiger partial charge in [-0.25, -0.2) is 0 Å². The van der Waals surface area contributed by atoms with Crippen molar-refractivity contribution in [3.8, 4) is 5.75 Å². The van der Waals surface area contributed by atoms with Gasteiger partial charge in [0, 0.05) is 35.1 Å². The fraction of sp³-hybridized carbons (Fsp3) is 0.462. The van der Waals surface area contributed by atoms with Crippen LogP contribution in [0.15, 0.2) is 41.4 Å². The van der Waals surface area contributed by atoms with E-state index < -0.39 is 0 Å². The first kappa shape index (κ1) is 25.7. The molecule has 1 unspecified atom stereocenters. The number of carbonyl (C=O) groups is 1. The first-order valence-corrected chi connectivity index (χ1v) is 12.1. The monoisotopic (exact) mass is 466 g/mol. The molecular formula is C26H38N6O2. The molecule has 0 fully saturated rings. The van der Waals surface area contributed by atoms with Crippen LogP contribution in [0.4, 0.5) is 5.69 Å². The maximum Gasteiger partial charge on any atom is 0.238 e. The van der Waals surface area contributed by atoms with Gasteiger partial charge in [0.1, 0.15) is 5.75 Å². The first-order valence-electron chi connectivity index (χ1n) is 12.1. The van der Waals surface area contributed by atoms with Crippen molar-refractivity contribution in [2.24, 2.45) is 10.7 Å². The maximum atomic E-state index is 12.2. The van der Waals surface area contributed by atoms with Crippen LogP contribution in [0.1, 0.15) is 32.3 Å². The zero-order valence-corrected chi connectivity index (χ0v) is 20.8. The Bertz CT molecular complexity index is 1030. The molecule has 2 aromatic carbocycles. The Morgan fingerprint density at radius 3 is 2.68 bits per heavy atom. The normalized spacial score (nSPS) is 15.6. The molecular weight excluding hydrogens is 428 g/mol. The quantitative estimate of drug-likeness (QED) is 0.416. The number of amides is 1. The lowest BCUT2D eigenvalue weighted by Crippen LogP contribution is -2.43. The number of rotatable bonds is 12. The average molecular weight is 467 g/mol. The highest BCUT2D eigenvalue weighted by Gasteiger charge is 2.23. The number of methoxy groups -OCH3 is 1. The molecule has 0 bridgehead atoms. The third-order valence-electron chi connectivity index (χ3n) is 6.26. The number of hydrogen-bond donors (Lipinski definition) is 3. The van der Waals surface area contributed by atoms with E-state index in [1.165, 1.54) is 0 Å². The van der Waals surface area contributed by atoms with Gasteiger partial charge < -0.3 is 25.6 Å². The van der Waals surface area contributed by atoms with Crippen molar-refractivity contribution in [1.29, 1.82) is 0 Å². The molecule has 34 heavy (non-hydrogen) atoms. The average Bonchev–Trinajstić information content (AvgIpc) is 2.88. The third kappa shape index (κ3) is 6.14. The van der Waals surface area contributed by atoms with E-state index in [1.807, 2.05) is 43.6 Å². The highest BCUT2D eigenvalue weighted by atomic mass is 16.5. The highest BCUT2D eigenvalue weighted by Crippen LogP contribution is 2.34. The number of allylic oxidation sites excluding steroid dienone is 1. The third-order valence-corrected chi connectivity index (χ3v) is 6.26. The molecule has 1 aliphatic heterocycles. The Balaban J connectivity index is 1.93. The smallest absolute Gasteiger partial charge is 0.238 e. The topological polar surface area (TPSA) is 95.2 Å². The molecule has 0 spiro atoms. The Morgan fingerprint density at radius 1 is 1.21 bits per heavy atom. The number of anilines is 1. The molecule has 3 rings (SSSR count). The summed E-state index contributed by atoms with van der Waals surface area (Å²) in [6.07, 6.45) is 5.93. The molecule has 1 heterocycles. The number of aliphatic imine (C=N–C) groups is 1. The van der Waals surface area contributed by atoms with Crippen molar-refractivity contribution in [2.75, 3.05) is 52.2 Å². The van der Waals surface area contributed by atoms with Crippen molar-refractivity contribution in [3.63, 3.8) is 0 Å². The van der Waals surface area contributed by atoms with Crippen LogP contribution in [-0.4, -0.2) is 75.1 Å². The molecule has 1 atom stereocenters. The van der Waals surface area contributed by atoms with E-state index in [9.17, 15) is 4.79 Å². The number of ether oxygens (including phenoxy) is 1. The number of nitrogens with zero attached hydrogens (tertiary/aromatic N) is 3. The number of fused-ring (bicyclic) bond motifs is 1. The molecule has 0 radical (unpaired) electrons. The van der Waals surface area contributed by atoms with E-state index in [0.29, 0.717) is 5.69 Å². The molecule has 1 aliphatic rings. The lowest BCUT2D eigenvalue weighted by Gasteiger charge is -2.35. The first-order chi connectivity index (χ1) is 16.5. The maximum absolute atomic E-state index is 12.2. The zero-order valence-electron chi connectivity index (χ0n) is 20.8. The van der Waals surface area contributed by atoms with Crippen molar-refractivity contribution in [1.82, 2.24) is 15.1 Å². The number of carbonyl (C=O) groups excluding carboxylic acids is 1. The van der Waals surface area contributed by atoms with E-state index in [1.54, 1.807) is 7.11 Å². The van der Waals surface area contributed by atoms with Gasteiger partial charge in [-0.3, -0.25) is 15.1 Å². The van der Waals surface area contributed by atoms with Gasteiger partial charge >= 0.3 is 0 Å². The summed E-state index contributed by atoms with van der Waals surface area (Å²) in [5.74, 6) is 0.499. The van der Waals surface area contributed by atoms with Gasteiger partial charge in [0.15, 0.2) is 6.29 Å².